The van der Waals surface area contributed by atoms with Crippen LogP contribution in [-0.2, 0) is 9.59 Å². The van der Waals surface area contributed by atoms with Gasteiger partial charge in [-0.15, -0.1) is 0 Å². The summed E-state index contributed by atoms with van der Waals surface area (Å²) in [5, 5.41) is 11.9. The number of carbonyl (C=O) groups excluding carboxylic acids is 2. The molecule has 1 aromatic rings. The number of benzene rings is 1. The first-order valence-corrected chi connectivity index (χ1v) is 6.99. The average molecular weight is 309 g/mol. The number of amidine groups is 1. The van der Waals surface area contributed by atoms with E-state index in [-0.39, 0.29) is 23.4 Å². The average Bonchev–Trinajstić information content (AvgIpc) is 2.46. The fraction of sp³-hybridized carbons (Fsp3) is 0.308. The number of hydrogen-bond acceptors (Lipinski definition) is 6. The van der Waals surface area contributed by atoms with Crippen LogP contribution in [0.15, 0.2) is 18.2 Å². The molecule has 1 aromatic carbocycles. The number of anilines is 1. The lowest BCUT2D eigenvalue weighted by atomic mass is 10.2. The van der Waals surface area contributed by atoms with Crippen molar-refractivity contribution in [1.29, 1.82) is 5.41 Å². The molecule has 112 valence electrons. The molecule has 3 N–H and O–H groups in total. The van der Waals surface area contributed by atoms with Crippen molar-refractivity contribution in [1.82, 2.24) is 5.32 Å². The highest BCUT2D eigenvalue weighted by atomic mass is 32.2. The smallest absolute Gasteiger partial charge is 0.238 e. The van der Waals surface area contributed by atoms with E-state index in [9.17, 15) is 9.59 Å². The molecule has 21 heavy (non-hydrogen) atoms. The van der Waals surface area contributed by atoms with Crippen molar-refractivity contribution in [2.75, 3.05) is 19.5 Å². The molecule has 1 aliphatic heterocycles. The van der Waals surface area contributed by atoms with E-state index in [1.54, 1.807) is 18.2 Å². The molecule has 1 unspecified atom stereocenters. The molecule has 1 atom stereocenters. The van der Waals surface area contributed by atoms with E-state index < -0.39 is 5.25 Å². The Kier molecular flexibility index (Phi) is 4.69. The van der Waals surface area contributed by atoms with Crippen LogP contribution in [0.4, 0.5) is 5.69 Å². The van der Waals surface area contributed by atoms with Gasteiger partial charge in [-0.2, -0.15) is 0 Å². The molecular formula is C13H15N3O4S. The van der Waals surface area contributed by atoms with Crippen LogP contribution in [-0.4, -0.2) is 36.5 Å². The molecule has 8 heteroatoms. The maximum absolute atomic E-state index is 12.1. The standard InChI is InChI=1S/C13H15N3O4S/c1-19-8-4-3-7(5-9(8)20-2)15-12(18)10-6-11(17)16-13(14)21-10/h3-5,10H,6H2,1-2H3,(H,15,18)(H2,14,16,17). The SMILES string of the molecule is COc1ccc(NC(=O)C2CC(=O)NC(=N)S2)cc1OC. The second-order valence-electron chi connectivity index (χ2n) is 4.25. The van der Waals surface area contributed by atoms with E-state index in [0.29, 0.717) is 17.2 Å². The fourth-order valence-electron chi connectivity index (χ4n) is 1.84. The number of rotatable bonds is 4. The highest BCUT2D eigenvalue weighted by molar-refractivity contribution is 8.15. The molecule has 1 saturated heterocycles. The van der Waals surface area contributed by atoms with Gasteiger partial charge < -0.3 is 20.1 Å². The number of ether oxygens (including phenoxy) is 2. The second kappa shape index (κ2) is 6.49. The minimum absolute atomic E-state index is 0.0151. The Morgan fingerprint density at radius 1 is 1.38 bits per heavy atom. The van der Waals surface area contributed by atoms with Gasteiger partial charge in [0.1, 0.15) is 5.25 Å². The predicted molar refractivity (Wildman–Crippen MR) is 80.0 cm³/mol. The summed E-state index contributed by atoms with van der Waals surface area (Å²) in [6.07, 6.45) is 0.0478. The van der Waals surface area contributed by atoms with Gasteiger partial charge in [-0.3, -0.25) is 15.0 Å². The summed E-state index contributed by atoms with van der Waals surface area (Å²) in [7, 11) is 3.03. The number of thioether (sulfide) groups is 1. The summed E-state index contributed by atoms with van der Waals surface area (Å²) in [6, 6.07) is 4.99. The quantitative estimate of drug-likeness (QED) is 0.776. The second-order valence-corrected chi connectivity index (χ2v) is 5.46. The van der Waals surface area contributed by atoms with Crippen LogP contribution in [0.3, 0.4) is 0 Å². The summed E-state index contributed by atoms with van der Waals surface area (Å²) >= 11 is 1.02. The van der Waals surface area contributed by atoms with E-state index >= 15 is 0 Å². The van der Waals surface area contributed by atoms with Crippen LogP contribution in [0.2, 0.25) is 0 Å². The molecular weight excluding hydrogens is 294 g/mol. The zero-order chi connectivity index (χ0) is 15.4. The summed E-state index contributed by atoms with van der Waals surface area (Å²) in [5.74, 6) is 0.402. The molecule has 2 rings (SSSR count). The van der Waals surface area contributed by atoms with Gasteiger partial charge in [-0.25, -0.2) is 0 Å². The lowest BCUT2D eigenvalue weighted by Gasteiger charge is -2.21. The zero-order valence-electron chi connectivity index (χ0n) is 11.6. The van der Waals surface area contributed by atoms with Crippen molar-refractivity contribution >= 4 is 34.4 Å². The Morgan fingerprint density at radius 3 is 2.71 bits per heavy atom. The third-order valence-corrected chi connectivity index (χ3v) is 3.83. The molecule has 0 aromatic heterocycles. The van der Waals surface area contributed by atoms with E-state index in [2.05, 4.69) is 10.6 Å². The number of methoxy groups -OCH3 is 2. The number of amides is 2. The van der Waals surface area contributed by atoms with E-state index in [0.717, 1.165) is 11.8 Å². The lowest BCUT2D eigenvalue weighted by Crippen LogP contribution is -2.41. The Morgan fingerprint density at radius 2 is 2.10 bits per heavy atom. The highest BCUT2D eigenvalue weighted by Crippen LogP contribution is 2.30. The van der Waals surface area contributed by atoms with Gasteiger partial charge in [0.05, 0.1) is 14.2 Å². The van der Waals surface area contributed by atoms with Crippen LogP contribution in [0, 0.1) is 5.41 Å². The number of carbonyl (C=O) groups is 2. The molecule has 1 aliphatic rings. The van der Waals surface area contributed by atoms with Gasteiger partial charge in [0.25, 0.3) is 0 Å². The third-order valence-electron chi connectivity index (χ3n) is 2.83. The van der Waals surface area contributed by atoms with E-state index in [1.165, 1.54) is 14.2 Å². The molecule has 2 amide bonds. The molecule has 0 bridgehead atoms. The van der Waals surface area contributed by atoms with E-state index in [1.807, 2.05) is 0 Å². The Labute approximate surface area is 125 Å². The van der Waals surface area contributed by atoms with E-state index in [4.69, 9.17) is 14.9 Å². The van der Waals surface area contributed by atoms with Gasteiger partial charge in [0.15, 0.2) is 16.7 Å². The fourth-order valence-corrected chi connectivity index (χ4v) is 2.70. The maximum Gasteiger partial charge on any atom is 0.238 e. The van der Waals surface area contributed by atoms with Crippen LogP contribution < -0.4 is 20.1 Å². The van der Waals surface area contributed by atoms with Crippen molar-refractivity contribution in [3.05, 3.63) is 18.2 Å². The van der Waals surface area contributed by atoms with Crippen molar-refractivity contribution in [2.24, 2.45) is 0 Å². The summed E-state index contributed by atoms with van der Waals surface area (Å²) in [5.41, 5.74) is 0.538. The largest absolute Gasteiger partial charge is 0.493 e. The van der Waals surface area contributed by atoms with Gasteiger partial charge in [0.2, 0.25) is 11.8 Å². The van der Waals surface area contributed by atoms with Crippen molar-refractivity contribution in [2.45, 2.75) is 11.7 Å². The maximum atomic E-state index is 12.1. The van der Waals surface area contributed by atoms with Crippen molar-refractivity contribution in [3.8, 4) is 11.5 Å². The summed E-state index contributed by atoms with van der Waals surface area (Å²) < 4.78 is 10.3. The third kappa shape index (κ3) is 3.66. The van der Waals surface area contributed by atoms with Gasteiger partial charge >= 0.3 is 0 Å². The van der Waals surface area contributed by atoms with Gasteiger partial charge in [0, 0.05) is 18.2 Å². The first-order chi connectivity index (χ1) is 10.0. The topological polar surface area (TPSA) is 101 Å². The highest BCUT2D eigenvalue weighted by Gasteiger charge is 2.29. The Balaban J connectivity index is 2.09. The monoisotopic (exact) mass is 309 g/mol. The van der Waals surface area contributed by atoms with Gasteiger partial charge in [-0.1, -0.05) is 11.8 Å². The Bertz CT molecular complexity index is 575. The number of hydrogen-bond donors (Lipinski definition) is 3. The van der Waals surface area contributed by atoms with Crippen molar-refractivity contribution in [3.63, 3.8) is 0 Å². The van der Waals surface area contributed by atoms with Crippen LogP contribution in [0.25, 0.3) is 0 Å². The normalized spacial score (nSPS) is 17.9. The Hall–Kier alpha value is -2.22. The molecule has 0 saturated carbocycles. The first kappa shape index (κ1) is 15.2. The lowest BCUT2D eigenvalue weighted by molar-refractivity contribution is -0.123. The minimum Gasteiger partial charge on any atom is -0.493 e. The molecule has 0 radical (unpaired) electrons. The summed E-state index contributed by atoms with van der Waals surface area (Å²) in [4.78, 5) is 23.5. The predicted octanol–water partition coefficient (Wildman–Crippen LogP) is 1.20. The zero-order valence-corrected chi connectivity index (χ0v) is 12.4. The minimum atomic E-state index is -0.612. The molecule has 0 aliphatic carbocycles. The van der Waals surface area contributed by atoms with Crippen molar-refractivity contribution < 1.29 is 19.1 Å². The van der Waals surface area contributed by atoms with Gasteiger partial charge in [-0.05, 0) is 12.1 Å². The van der Waals surface area contributed by atoms with Crippen LogP contribution in [0.1, 0.15) is 6.42 Å². The summed E-state index contributed by atoms with van der Waals surface area (Å²) in [6.45, 7) is 0. The van der Waals surface area contributed by atoms with Crippen LogP contribution in [0.5, 0.6) is 11.5 Å². The molecule has 0 spiro atoms. The number of nitrogens with one attached hydrogen (secondary N) is 3. The molecule has 7 nitrogen and oxygen atoms in total. The van der Waals surface area contributed by atoms with Crippen LogP contribution >= 0.6 is 11.8 Å². The molecule has 1 fully saturated rings. The first-order valence-electron chi connectivity index (χ1n) is 6.11. The molecule has 1 heterocycles.